The first-order chi connectivity index (χ1) is 5.83. The van der Waals surface area contributed by atoms with Gasteiger partial charge in [-0.2, -0.15) is 0 Å². The highest BCUT2D eigenvalue weighted by molar-refractivity contribution is 5.76. The van der Waals surface area contributed by atoms with E-state index in [0.717, 1.165) is 0 Å². The van der Waals surface area contributed by atoms with Gasteiger partial charge in [-0.3, -0.25) is 4.98 Å². The van der Waals surface area contributed by atoms with Gasteiger partial charge in [0.1, 0.15) is 12.4 Å². The van der Waals surface area contributed by atoms with Gasteiger partial charge < -0.3 is 9.94 Å². The van der Waals surface area contributed by atoms with E-state index in [1.807, 2.05) is 6.92 Å². The molecule has 1 aromatic heterocycles. The molecule has 0 aliphatic carbocycles. The van der Waals surface area contributed by atoms with Gasteiger partial charge >= 0.3 is 0 Å². The fourth-order valence-electron chi connectivity index (χ4n) is 0.640. The maximum atomic E-state index is 8.89. The smallest absolute Gasteiger partial charge is 0.133 e. The Hall–Kier alpha value is -1.58. The fraction of sp³-hybridized carbons (Fsp3) is 0.250. The summed E-state index contributed by atoms with van der Waals surface area (Å²) in [5, 5.41) is 12.5. The van der Waals surface area contributed by atoms with Crippen molar-refractivity contribution in [1.82, 2.24) is 4.98 Å². The van der Waals surface area contributed by atoms with Crippen molar-refractivity contribution in [1.29, 1.82) is 0 Å². The van der Waals surface area contributed by atoms with Crippen LogP contribution in [-0.2, 0) is 4.84 Å². The van der Waals surface area contributed by atoms with Crippen molar-refractivity contribution in [2.45, 2.75) is 6.92 Å². The van der Waals surface area contributed by atoms with Crippen molar-refractivity contribution in [3.05, 3.63) is 24.0 Å². The molecular formula is C8H10N2O2. The van der Waals surface area contributed by atoms with Crippen LogP contribution in [0.4, 0.5) is 0 Å². The first-order valence-electron chi connectivity index (χ1n) is 3.63. The van der Waals surface area contributed by atoms with E-state index in [1.165, 1.54) is 12.4 Å². The summed E-state index contributed by atoms with van der Waals surface area (Å²) in [6.07, 6.45) is 2.84. The van der Waals surface area contributed by atoms with Gasteiger partial charge in [-0.1, -0.05) is 5.16 Å². The summed E-state index contributed by atoms with van der Waals surface area (Å²) in [5.41, 5.74) is 0.654. The first-order valence-corrected chi connectivity index (χ1v) is 3.63. The Morgan fingerprint density at radius 3 is 3.08 bits per heavy atom. The first kappa shape index (κ1) is 8.52. The molecule has 0 aromatic carbocycles. The molecule has 4 nitrogen and oxygen atoms in total. The lowest BCUT2D eigenvalue weighted by atomic mass is 10.4. The van der Waals surface area contributed by atoms with E-state index in [9.17, 15) is 0 Å². The van der Waals surface area contributed by atoms with Crippen LogP contribution in [0.15, 0.2) is 23.5 Å². The van der Waals surface area contributed by atoms with Gasteiger partial charge in [0.2, 0.25) is 0 Å². The SMILES string of the molecule is CCO/N=C/c1ccc(O)cn1. The second-order valence-corrected chi connectivity index (χ2v) is 2.09. The van der Waals surface area contributed by atoms with E-state index < -0.39 is 0 Å². The van der Waals surface area contributed by atoms with Crippen molar-refractivity contribution < 1.29 is 9.94 Å². The van der Waals surface area contributed by atoms with Crippen LogP contribution in [0.1, 0.15) is 12.6 Å². The number of aromatic nitrogens is 1. The monoisotopic (exact) mass is 166 g/mol. The zero-order valence-electron chi connectivity index (χ0n) is 6.77. The Morgan fingerprint density at radius 2 is 2.50 bits per heavy atom. The number of hydrogen-bond donors (Lipinski definition) is 1. The van der Waals surface area contributed by atoms with Crippen molar-refractivity contribution >= 4 is 6.21 Å². The number of oxime groups is 1. The summed E-state index contributed by atoms with van der Waals surface area (Å²) in [6.45, 7) is 2.39. The van der Waals surface area contributed by atoms with Crippen LogP contribution in [0.2, 0.25) is 0 Å². The lowest BCUT2D eigenvalue weighted by Gasteiger charge is -1.92. The number of hydrogen-bond acceptors (Lipinski definition) is 4. The third kappa shape index (κ3) is 2.57. The van der Waals surface area contributed by atoms with Crippen LogP contribution in [0.25, 0.3) is 0 Å². The summed E-state index contributed by atoms with van der Waals surface area (Å²) in [7, 11) is 0. The van der Waals surface area contributed by atoms with Crippen molar-refractivity contribution in [2.75, 3.05) is 6.61 Å². The Bertz CT molecular complexity index is 256. The molecule has 0 aliphatic heterocycles. The molecule has 1 aromatic rings. The van der Waals surface area contributed by atoms with Gasteiger partial charge in [0.05, 0.1) is 18.1 Å². The number of pyridine rings is 1. The third-order valence-electron chi connectivity index (χ3n) is 1.16. The molecule has 0 bridgehead atoms. The van der Waals surface area contributed by atoms with E-state index in [-0.39, 0.29) is 5.75 Å². The van der Waals surface area contributed by atoms with Crippen LogP contribution in [0, 0.1) is 0 Å². The number of nitrogens with zero attached hydrogens (tertiary/aromatic N) is 2. The van der Waals surface area contributed by atoms with Crippen LogP contribution in [0.3, 0.4) is 0 Å². The van der Waals surface area contributed by atoms with Crippen molar-refractivity contribution in [2.24, 2.45) is 5.16 Å². The molecule has 0 radical (unpaired) electrons. The van der Waals surface area contributed by atoms with Gasteiger partial charge in [-0.15, -0.1) is 0 Å². The molecule has 0 saturated carbocycles. The standard InChI is InChI=1S/C8H10N2O2/c1-2-12-10-5-7-3-4-8(11)6-9-7/h3-6,11H,2H2,1H3/b10-5+. The lowest BCUT2D eigenvalue weighted by molar-refractivity contribution is 0.160. The van der Waals surface area contributed by atoms with E-state index in [1.54, 1.807) is 12.1 Å². The van der Waals surface area contributed by atoms with Gasteiger partial charge in [-0.05, 0) is 19.1 Å². The van der Waals surface area contributed by atoms with Crippen LogP contribution in [-0.4, -0.2) is 22.9 Å². The third-order valence-corrected chi connectivity index (χ3v) is 1.16. The average Bonchev–Trinajstić information content (AvgIpc) is 2.09. The maximum absolute atomic E-state index is 8.89. The molecule has 4 heteroatoms. The summed E-state index contributed by atoms with van der Waals surface area (Å²) in [4.78, 5) is 8.61. The van der Waals surface area contributed by atoms with E-state index in [4.69, 9.17) is 9.94 Å². The van der Waals surface area contributed by atoms with E-state index in [0.29, 0.717) is 12.3 Å². The predicted octanol–water partition coefficient (Wildman–Crippen LogP) is 1.16. The molecule has 1 N–H and O–H groups in total. The highest BCUT2D eigenvalue weighted by Crippen LogP contribution is 2.03. The van der Waals surface area contributed by atoms with Crippen LogP contribution >= 0.6 is 0 Å². The quantitative estimate of drug-likeness (QED) is 0.541. The van der Waals surface area contributed by atoms with Gasteiger partial charge in [0, 0.05) is 0 Å². The lowest BCUT2D eigenvalue weighted by Crippen LogP contribution is -1.87. The molecule has 12 heavy (non-hydrogen) atoms. The molecule has 1 heterocycles. The molecule has 0 fully saturated rings. The normalized spacial score (nSPS) is 10.4. The minimum Gasteiger partial charge on any atom is -0.506 e. The molecule has 1 rings (SSSR count). The Labute approximate surface area is 70.5 Å². The van der Waals surface area contributed by atoms with Crippen molar-refractivity contribution in [3.63, 3.8) is 0 Å². The van der Waals surface area contributed by atoms with Crippen molar-refractivity contribution in [3.8, 4) is 5.75 Å². The van der Waals surface area contributed by atoms with Gasteiger partial charge in [-0.25, -0.2) is 0 Å². The molecule has 0 aliphatic rings. The predicted molar refractivity (Wildman–Crippen MR) is 45.1 cm³/mol. The summed E-state index contributed by atoms with van der Waals surface area (Å²) < 4.78 is 0. The van der Waals surface area contributed by atoms with Gasteiger partial charge in [0.15, 0.2) is 0 Å². The maximum Gasteiger partial charge on any atom is 0.133 e. The molecule has 0 amide bonds. The molecule has 64 valence electrons. The topological polar surface area (TPSA) is 54.7 Å². The molecular weight excluding hydrogens is 156 g/mol. The average molecular weight is 166 g/mol. The largest absolute Gasteiger partial charge is 0.506 e. The Kier molecular flexibility index (Phi) is 3.07. The molecule has 0 spiro atoms. The molecule has 0 atom stereocenters. The number of rotatable bonds is 3. The molecule has 0 saturated heterocycles. The zero-order chi connectivity index (χ0) is 8.81. The fourth-order valence-corrected chi connectivity index (χ4v) is 0.640. The summed E-state index contributed by atoms with van der Waals surface area (Å²) >= 11 is 0. The van der Waals surface area contributed by atoms with Gasteiger partial charge in [0.25, 0.3) is 0 Å². The highest BCUT2D eigenvalue weighted by atomic mass is 16.6. The van der Waals surface area contributed by atoms with Crippen LogP contribution in [0.5, 0.6) is 5.75 Å². The second kappa shape index (κ2) is 4.33. The molecule has 0 unspecified atom stereocenters. The zero-order valence-corrected chi connectivity index (χ0v) is 6.77. The summed E-state index contributed by atoms with van der Waals surface area (Å²) in [5.74, 6) is 0.142. The minimum atomic E-state index is 0.142. The second-order valence-electron chi connectivity index (χ2n) is 2.09. The number of aromatic hydroxyl groups is 1. The van der Waals surface area contributed by atoms with E-state index in [2.05, 4.69) is 10.1 Å². The Morgan fingerprint density at radius 1 is 1.67 bits per heavy atom. The van der Waals surface area contributed by atoms with Crippen LogP contribution < -0.4 is 0 Å². The van der Waals surface area contributed by atoms with E-state index >= 15 is 0 Å². The Balaban J connectivity index is 2.58. The highest BCUT2D eigenvalue weighted by Gasteiger charge is 1.89. The minimum absolute atomic E-state index is 0.142. The summed E-state index contributed by atoms with van der Waals surface area (Å²) in [6, 6.07) is 3.19.